The highest BCUT2D eigenvalue weighted by Crippen LogP contribution is 2.37. The van der Waals surface area contributed by atoms with Gasteiger partial charge in [0.25, 0.3) is 5.91 Å². The monoisotopic (exact) mass is 445 g/mol. The molecule has 3 rings (SSSR count). The van der Waals surface area contributed by atoms with Gasteiger partial charge in [0.1, 0.15) is 17.2 Å². The summed E-state index contributed by atoms with van der Waals surface area (Å²) in [5.74, 6) is 1.13. The van der Waals surface area contributed by atoms with Crippen LogP contribution in [-0.4, -0.2) is 17.1 Å². The van der Waals surface area contributed by atoms with Crippen LogP contribution < -0.4 is 14.8 Å². The third-order valence-electron chi connectivity index (χ3n) is 4.35. The van der Waals surface area contributed by atoms with Gasteiger partial charge in [-0.15, -0.1) is 0 Å². The van der Waals surface area contributed by atoms with Crippen molar-refractivity contribution in [3.05, 3.63) is 75.8 Å². The average molecular weight is 446 g/mol. The molecule has 0 saturated heterocycles. The number of carbonyl (C=O) groups is 1. The lowest BCUT2D eigenvalue weighted by atomic mass is 10.1. The first kappa shape index (κ1) is 21.8. The zero-order valence-corrected chi connectivity index (χ0v) is 18.2. The number of phenols is 1. The maximum Gasteiger partial charge on any atom is 0.265 e. The second-order valence-corrected chi connectivity index (χ2v) is 7.69. The molecule has 1 unspecified atom stereocenters. The van der Waals surface area contributed by atoms with Crippen LogP contribution >= 0.6 is 23.2 Å². The second-order valence-electron chi connectivity index (χ2n) is 6.88. The van der Waals surface area contributed by atoms with Gasteiger partial charge in [-0.05, 0) is 56.7 Å². The maximum atomic E-state index is 12.5. The Labute approximate surface area is 185 Å². The van der Waals surface area contributed by atoms with Crippen LogP contribution in [0, 0.1) is 13.8 Å². The zero-order valence-electron chi connectivity index (χ0n) is 16.7. The van der Waals surface area contributed by atoms with E-state index in [1.807, 2.05) is 32.0 Å². The second kappa shape index (κ2) is 9.28. The number of amides is 1. The van der Waals surface area contributed by atoms with E-state index in [-0.39, 0.29) is 21.7 Å². The van der Waals surface area contributed by atoms with Crippen molar-refractivity contribution in [2.45, 2.75) is 26.9 Å². The van der Waals surface area contributed by atoms with E-state index in [2.05, 4.69) is 5.32 Å². The molecule has 0 fully saturated rings. The highest BCUT2D eigenvalue weighted by molar-refractivity contribution is 6.37. The summed E-state index contributed by atoms with van der Waals surface area (Å²) in [7, 11) is 0. The molecule has 3 aromatic carbocycles. The van der Waals surface area contributed by atoms with E-state index < -0.39 is 6.10 Å². The molecule has 3 aromatic rings. The Morgan fingerprint density at radius 3 is 2.20 bits per heavy atom. The summed E-state index contributed by atoms with van der Waals surface area (Å²) >= 11 is 11.8. The fourth-order valence-corrected chi connectivity index (χ4v) is 3.23. The summed E-state index contributed by atoms with van der Waals surface area (Å²) in [4.78, 5) is 12.5. The van der Waals surface area contributed by atoms with Gasteiger partial charge in [-0.2, -0.15) is 0 Å². The van der Waals surface area contributed by atoms with Crippen molar-refractivity contribution < 1.29 is 19.4 Å². The molecule has 7 heteroatoms. The van der Waals surface area contributed by atoms with Crippen LogP contribution in [0.1, 0.15) is 18.1 Å². The van der Waals surface area contributed by atoms with Crippen molar-refractivity contribution in [3.63, 3.8) is 0 Å². The summed E-state index contributed by atoms with van der Waals surface area (Å²) in [6.07, 6.45) is -0.663. The molecular weight excluding hydrogens is 425 g/mol. The Balaban J connectivity index is 1.61. The lowest BCUT2D eigenvalue weighted by Crippen LogP contribution is -2.30. The molecule has 0 spiro atoms. The first-order valence-corrected chi connectivity index (χ1v) is 9.99. The number of anilines is 1. The fourth-order valence-electron chi connectivity index (χ4n) is 2.76. The summed E-state index contributed by atoms with van der Waals surface area (Å²) in [5.41, 5.74) is 2.71. The molecule has 0 bridgehead atoms. The normalized spacial score (nSPS) is 11.6. The predicted octanol–water partition coefficient (Wildman–Crippen LogP) is 6.51. The smallest absolute Gasteiger partial charge is 0.265 e. The highest BCUT2D eigenvalue weighted by atomic mass is 35.5. The molecule has 2 N–H and O–H groups in total. The number of aryl methyl sites for hydroxylation is 2. The van der Waals surface area contributed by atoms with Crippen molar-refractivity contribution in [3.8, 4) is 23.0 Å². The van der Waals surface area contributed by atoms with Gasteiger partial charge in [-0.25, -0.2) is 0 Å². The minimum atomic E-state index is -0.663. The number of hydrogen-bond acceptors (Lipinski definition) is 4. The minimum Gasteiger partial charge on any atom is -0.505 e. The molecule has 5 nitrogen and oxygen atoms in total. The molecule has 0 heterocycles. The van der Waals surface area contributed by atoms with E-state index in [1.54, 1.807) is 31.2 Å². The van der Waals surface area contributed by atoms with Gasteiger partial charge in [0, 0.05) is 17.8 Å². The number of halogens is 2. The largest absolute Gasteiger partial charge is 0.505 e. The predicted molar refractivity (Wildman–Crippen MR) is 119 cm³/mol. The molecule has 0 aliphatic carbocycles. The van der Waals surface area contributed by atoms with E-state index in [1.165, 1.54) is 12.1 Å². The number of hydrogen-bond donors (Lipinski definition) is 2. The molecule has 0 radical (unpaired) electrons. The van der Waals surface area contributed by atoms with Crippen molar-refractivity contribution >= 4 is 34.8 Å². The lowest BCUT2D eigenvalue weighted by molar-refractivity contribution is -0.122. The molecule has 0 aliphatic rings. The average Bonchev–Trinajstić information content (AvgIpc) is 2.69. The van der Waals surface area contributed by atoms with E-state index in [0.717, 1.165) is 11.1 Å². The van der Waals surface area contributed by atoms with Gasteiger partial charge in [-0.3, -0.25) is 4.79 Å². The number of rotatable bonds is 6. The van der Waals surface area contributed by atoms with Crippen LogP contribution in [0.25, 0.3) is 0 Å². The Hall–Kier alpha value is -2.89. The van der Waals surface area contributed by atoms with Crippen LogP contribution in [0.2, 0.25) is 10.0 Å². The Morgan fingerprint density at radius 1 is 0.967 bits per heavy atom. The van der Waals surface area contributed by atoms with Gasteiger partial charge in [0.15, 0.2) is 11.9 Å². The van der Waals surface area contributed by atoms with Crippen molar-refractivity contribution in [1.82, 2.24) is 0 Å². The standard InChI is InChI=1S/C23H21Cl2NO4/c1-13-4-9-21(14(2)10-13)29-15(3)23(28)26-16-5-7-17(8-6-16)30-18-11-19(24)22(27)20(25)12-18/h4-12,15,27H,1-3H3,(H,26,28). The van der Waals surface area contributed by atoms with Gasteiger partial charge in [-0.1, -0.05) is 40.9 Å². The SMILES string of the molecule is Cc1ccc(OC(C)C(=O)Nc2ccc(Oc3cc(Cl)c(O)c(Cl)c3)cc2)c(C)c1. The van der Waals surface area contributed by atoms with E-state index in [0.29, 0.717) is 22.9 Å². The molecule has 1 atom stereocenters. The van der Waals surface area contributed by atoms with Crippen LogP contribution in [0.3, 0.4) is 0 Å². The number of aromatic hydroxyl groups is 1. The number of carbonyl (C=O) groups excluding carboxylic acids is 1. The number of ether oxygens (including phenoxy) is 2. The minimum absolute atomic E-state index is 0.0965. The molecule has 156 valence electrons. The number of benzene rings is 3. The lowest BCUT2D eigenvalue weighted by Gasteiger charge is -2.17. The molecule has 30 heavy (non-hydrogen) atoms. The van der Waals surface area contributed by atoms with E-state index in [9.17, 15) is 9.90 Å². The highest BCUT2D eigenvalue weighted by Gasteiger charge is 2.16. The first-order chi connectivity index (χ1) is 14.2. The Kier molecular flexibility index (Phi) is 6.75. The zero-order chi connectivity index (χ0) is 21.8. The number of phenolic OH excluding ortho intramolecular Hbond substituents is 1. The van der Waals surface area contributed by atoms with Crippen molar-refractivity contribution in [1.29, 1.82) is 0 Å². The third-order valence-corrected chi connectivity index (χ3v) is 4.93. The van der Waals surface area contributed by atoms with Gasteiger partial charge < -0.3 is 19.9 Å². The van der Waals surface area contributed by atoms with Crippen LogP contribution in [0.5, 0.6) is 23.0 Å². The van der Waals surface area contributed by atoms with Crippen LogP contribution in [0.15, 0.2) is 54.6 Å². The van der Waals surface area contributed by atoms with Crippen molar-refractivity contribution in [2.75, 3.05) is 5.32 Å². The summed E-state index contributed by atoms with van der Waals surface area (Å²) in [6, 6.07) is 15.5. The summed E-state index contributed by atoms with van der Waals surface area (Å²) in [5, 5.41) is 12.6. The van der Waals surface area contributed by atoms with Crippen LogP contribution in [0.4, 0.5) is 5.69 Å². The molecule has 1 amide bonds. The quantitative estimate of drug-likeness (QED) is 0.453. The third kappa shape index (κ3) is 5.38. The molecule has 0 aromatic heterocycles. The van der Waals surface area contributed by atoms with E-state index in [4.69, 9.17) is 32.7 Å². The van der Waals surface area contributed by atoms with Crippen molar-refractivity contribution in [2.24, 2.45) is 0 Å². The molecular formula is C23H21Cl2NO4. The number of nitrogens with one attached hydrogen (secondary N) is 1. The van der Waals surface area contributed by atoms with Gasteiger partial charge >= 0.3 is 0 Å². The fraction of sp³-hybridized carbons (Fsp3) is 0.174. The molecule has 0 saturated carbocycles. The summed E-state index contributed by atoms with van der Waals surface area (Å²) in [6.45, 7) is 5.65. The van der Waals surface area contributed by atoms with E-state index >= 15 is 0 Å². The summed E-state index contributed by atoms with van der Waals surface area (Å²) < 4.78 is 11.5. The Morgan fingerprint density at radius 2 is 1.60 bits per heavy atom. The van der Waals surface area contributed by atoms with Gasteiger partial charge in [0.05, 0.1) is 10.0 Å². The molecule has 0 aliphatic heterocycles. The maximum absolute atomic E-state index is 12.5. The van der Waals surface area contributed by atoms with Crippen LogP contribution in [-0.2, 0) is 4.79 Å². The topological polar surface area (TPSA) is 67.8 Å². The Bertz CT molecular complexity index is 1040. The van der Waals surface area contributed by atoms with Gasteiger partial charge in [0.2, 0.25) is 0 Å². The first-order valence-electron chi connectivity index (χ1n) is 9.23.